The fourth-order valence-electron chi connectivity index (χ4n) is 4.24. The minimum atomic E-state index is 0. The van der Waals surface area contributed by atoms with Crippen LogP contribution in [0.15, 0.2) is 159 Å². The predicted octanol–water partition coefficient (Wildman–Crippen LogP) is 8.37. The summed E-state index contributed by atoms with van der Waals surface area (Å²) in [4.78, 5) is 25.6. The van der Waals surface area contributed by atoms with Crippen LogP contribution in [-0.2, 0) is 26.8 Å². The number of nitrogens with zero attached hydrogens (tertiary/aromatic N) is 7. The van der Waals surface area contributed by atoms with Gasteiger partial charge in [0, 0.05) is 69.1 Å². The average molecular weight is 807 g/mol. The number of hydrogen-bond donors (Lipinski definition) is 0. The molecule has 0 amide bonds. The zero-order valence-electron chi connectivity index (χ0n) is 26.1. The van der Waals surface area contributed by atoms with Gasteiger partial charge < -0.3 is 0 Å². The standard InChI is InChI=1S/C19H18N3.2C10H8N2.CH4.Os/c1-15-5-9-20-18(13-15)19-14-17(6-10-21-19)4-3-16-7-11-22(2)12-8-16;2*1-3-7-11-9(5-1)10-6-2-4-8-12-10;;/h3-14H,1-2H3;2*1-8H;1H4;/q+1;;;;/b4-3+;;;;. The summed E-state index contributed by atoms with van der Waals surface area (Å²) in [5.41, 5.74) is 8.93. The average Bonchev–Trinajstić information content (AvgIpc) is 3.14. The number of rotatable bonds is 5. The fourth-order valence-corrected chi connectivity index (χ4v) is 4.24. The molecule has 7 aromatic rings. The van der Waals surface area contributed by atoms with E-state index in [4.69, 9.17) is 0 Å². The molecule has 0 saturated carbocycles. The van der Waals surface area contributed by atoms with E-state index in [2.05, 4.69) is 67.2 Å². The van der Waals surface area contributed by atoms with Gasteiger partial charge in [-0.2, -0.15) is 0 Å². The normalized spacial score (nSPS) is 9.88. The number of pyridine rings is 7. The van der Waals surface area contributed by atoms with Gasteiger partial charge in [-0.25, -0.2) is 4.57 Å². The van der Waals surface area contributed by atoms with E-state index >= 15 is 0 Å². The zero-order valence-corrected chi connectivity index (χ0v) is 28.7. The van der Waals surface area contributed by atoms with Crippen molar-refractivity contribution in [3.63, 3.8) is 0 Å². The Labute approximate surface area is 296 Å². The smallest absolute Gasteiger partial charge is 0.169 e. The third-order valence-corrected chi connectivity index (χ3v) is 6.62. The van der Waals surface area contributed by atoms with Gasteiger partial charge in [-0.15, -0.1) is 0 Å². The van der Waals surface area contributed by atoms with Crippen molar-refractivity contribution in [1.29, 1.82) is 0 Å². The Morgan fingerprint density at radius 3 is 1.25 bits per heavy atom. The van der Waals surface area contributed by atoms with Gasteiger partial charge in [0.1, 0.15) is 7.05 Å². The zero-order chi connectivity index (χ0) is 31.8. The third-order valence-electron chi connectivity index (χ3n) is 6.62. The Kier molecular flexibility index (Phi) is 15.2. The number of hydrogen-bond acceptors (Lipinski definition) is 6. The van der Waals surface area contributed by atoms with Crippen molar-refractivity contribution >= 4 is 12.2 Å². The van der Waals surface area contributed by atoms with Crippen molar-refractivity contribution in [3.8, 4) is 34.2 Å². The van der Waals surface area contributed by atoms with Crippen LogP contribution in [0.1, 0.15) is 24.1 Å². The van der Waals surface area contributed by atoms with Crippen LogP contribution in [-0.4, -0.2) is 29.9 Å². The van der Waals surface area contributed by atoms with Gasteiger partial charge in [-0.05, 0) is 96.4 Å². The monoisotopic (exact) mass is 808 g/mol. The second kappa shape index (κ2) is 19.8. The number of aromatic nitrogens is 7. The summed E-state index contributed by atoms with van der Waals surface area (Å²) in [5.74, 6) is 0. The van der Waals surface area contributed by atoms with E-state index in [1.165, 1.54) is 11.1 Å². The van der Waals surface area contributed by atoms with Gasteiger partial charge in [0.05, 0.1) is 34.2 Å². The van der Waals surface area contributed by atoms with E-state index in [-0.39, 0.29) is 27.2 Å². The molecule has 0 bridgehead atoms. The van der Waals surface area contributed by atoms with E-state index in [9.17, 15) is 0 Å². The topological polar surface area (TPSA) is 81.2 Å². The predicted molar refractivity (Wildman–Crippen MR) is 190 cm³/mol. The van der Waals surface area contributed by atoms with Crippen LogP contribution in [0.5, 0.6) is 0 Å². The maximum absolute atomic E-state index is 4.42. The summed E-state index contributed by atoms with van der Waals surface area (Å²) in [7, 11) is 2.01. The van der Waals surface area contributed by atoms with Crippen LogP contribution in [0.2, 0.25) is 0 Å². The van der Waals surface area contributed by atoms with Gasteiger partial charge in [0.25, 0.3) is 0 Å². The van der Waals surface area contributed by atoms with E-state index < -0.39 is 0 Å². The molecule has 0 unspecified atom stereocenters. The van der Waals surface area contributed by atoms with E-state index in [0.29, 0.717) is 0 Å². The summed E-state index contributed by atoms with van der Waals surface area (Å²) in [6.45, 7) is 2.06. The Morgan fingerprint density at radius 1 is 0.438 bits per heavy atom. The minimum Gasteiger partial charge on any atom is -0.255 e. The molecule has 7 heterocycles. The molecule has 48 heavy (non-hydrogen) atoms. The van der Waals surface area contributed by atoms with E-state index in [1.54, 1.807) is 24.8 Å². The molecule has 0 aliphatic heterocycles. The van der Waals surface area contributed by atoms with Crippen molar-refractivity contribution in [3.05, 3.63) is 175 Å². The minimum absolute atomic E-state index is 0. The molecular formula is C40H38N7Os+. The van der Waals surface area contributed by atoms with Crippen LogP contribution < -0.4 is 4.57 Å². The molecule has 240 valence electrons. The Bertz CT molecular complexity index is 1790. The summed E-state index contributed by atoms with van der Waals surface area (Å²) in [6.07, 6.45) is 19.0. The van der Waals surface area contributed by atoms with Crippen molar-refractivity contribution in [2.24, 2.45) is 7.05 Å². The van der Waals surface area contributed by atoms with Gasteiger partial charge >= 0.3 is 0 Å². The van der Waals surface area contributed by atoms with Gasteiger partial charge in [-0.3, -0.25) is 29.9 Å². The molecular weight excluding hydrogens is 769 g/mol. The molecule has 8 heteroatoms. The Morgan fingerprint density at radius 2 is 0.833 bits per heavy atom. The summed E-state index contributed by atoms with van der Waals surface area (Å²) < 4.78 is 2.02. The molecule has 0 saturated heterocycles. The summed E-state index contributed by atoms with van der Waals surface area (Å²) in [6, 6.07) is 35.5. The molecule has 0 aliphatic rings. The molecule has 0 atom stereocenters. The molecule has 0 aliphatic carbocycles. The molecule has 7 nitrogen and oxygen atoms in total. The van der Waals surface area contributed by atoms with Gasteiger partial charge in [0.15, 0.2) is 12.4 Å². The van der Waals surface area contributed by atoms with E-state index in [1.807, 2.05) is 127 Å². The first-order valence-corrected chi connectivity index (χ1v) is 14.8. The van der Waals surface area contributed by atoms with Crippen LogP contribution >= 0.6 is 0 Å². The maximum atomic E-state index is 4.42. The molecule has 0 spiro atoms. The second-order valence-electron chi connectivity index (χ2n) is 10.2. The quantitative estimate of drug-likeness (QED) is 0.163. The molecule has 0 fully saturated rings. The van der Waals surface area contributed by atoms with Gasteiger partial charge in [0.2, 0.25) is 0 Å². The summed E-state index contributed by atoms with van der Waals surface area (Å²) in [5, 5.41) is 0. The van der Waals surface area contributed by atoms with Crippen molar-refractivity contribution in [2.75, 3.05) is 0 Å². The first-order chi connectivity index (χ1) is 22.6. The second-order valence-corrected chi connectivity index (χ2v) is 10.2. The van der Waals surface area contributed by atoms with Gasteiger partial charge in [-0.1, -0.05) is 43.8 Å². The van der Waals surface area contributed by atoms with Crippen LogP contribution in [0.3, 0.4) is 0 Å². The molecule has 7 rings (SSSR count). The Hall–Kier alpha value is -5.57. The van der Waals surface area contributed by atoms with Crippen molar-refractivity contribution < 1.29 is 24.4 Å². The molecule has 0 radical (unpaired) electrons. The largest absolute Gasteiger partial charge is 0.255 e. The third kappa shape index (κ3) is 11.7. The van der Waals surface area contributed by atoms with Crippen molar-refractivity contribution in [1.82, 2.24) is 29.9 Å². The molecule has 0 aromatic carbocycles. The van der Waals surface area contributed by atoms with Crippen LogP contribution in [0.25, 0.3) is 46.3 Å². The Balaban J connectivity index is 0.000000206. The van der Waals surface area contributed by atoms with Crippen LogP contribution in [0.4, 0.5) is 0 Å². The molecule has 7 aromatic heterocycles. The first-order valence-electron chi connectivity index (χ1n) is 14.8. The SMILES string of the molecule is C.Cc1ccnc(-c2cc(/C=C/c3cc[n+](C)cc3)ccn2)c1.[Os].c1ccc(-c2ccccn2)nc1.c1ccc(-c2ccccn2)nc1. The summed E-state index contributed by atoms with van der Waals surface area (Å²) >= 11 is 0. The van der Waals surface area contributed by atoms with Crippen molar-refractivity contribution in [2.45, 2.75) is 14.4 Å². The fraction of sp³-hybridized carbons (Fsp3) is 0.0750. The first kappa shape index (κ1) is 36.9. The molecule has 0 N–H and O–H groups in total. The maximum Gasteiger partial charge on any atom is 0.169 e. The van der Waals surface area contributed by atoms with Crippen LogP contribution in [0, 0.1) is 6.92 Å². The van der Waals surface area contributed by atoms with E-state index in [0.717, 1.165) is 39.7 Å². The number of aryl methyl sites for hydroxylation is 2.